The molecule has 0 bridgehead atoms. The molecule has 7 heteroatoms. The molecule has 658 valence electrons. The molecule has 8 atom stereocenters. The van der Waals surface area contributed by atoms with Gasteiger partial charge in [0.1, 0.15) is 35.6 Å². The van der Waals surface area contributed by atoms with Crippen LogP contribution in [0.3, 0.4) is 0 Å². The van der Waals surface area contributed by atoms with Crippen molar-refractivity contribution >= 4 is 72.1 Å². The van der Waals surface area contributed by atoms with E-state index in [0.717, 1.165) is 146 Å². The van der Waals surface area contributed by atoms with Gasteiger partial charge in [0.05, 0.1) is 6.04 Å². The van der Waals surface area contributed by atoms with Crippen LogP contribution in [0, 0.1) is 0 Å². The lowest BCUT2D eigenvalue weighted by atomic mass is 9.84. The summed E-state index contributed by atoms with van der Waals surface area (Å²) < 4.78 is 20.6. The Hall–Kier alpha value is -17.5. The summed E-state index contributed by atoms with van der Waals surface area (Å²) in [7, 11) is 0. The molecule has 0 fully saturated rings. The van der Waals surface area contributed by atoms with E-state index in [1.54, 1.807) is 0 Å². The first-order valence-corrected chi connectivity index (χ1v) is 48.4. The van der Waals surface area contributed by atoms with Crippen LogP contribution < -0.4 is 34.2 Å². The van der Waals surface area contributed by atoms with Crippen LogP contribution in [0.1, 0.15) is 45.9 Å². The predicted molar refractivity (Wildman–Crippen MR) is 575 cm³/mol. The van der Waals surface area contributed by atoms with E-state index in [9.17, 15) is 0 Å². The van der Waals surface area contributed by atoms with Crippen LogP contribution in [0.15, 0.2) is 521 Å². The van der Waals surface area contributed by atoms with Gasteiger partial charge in [0.2, 0.25) is 0 Å². The number of ether oxygens (including phenoxy) is 3. The van der Waals surface area contributed by atoms with Crippen molar-refractivity contribution in [2.75, 3.05) is 20.0 Å². The molecule has 19 aromatic rings. The van der Waals surface area contributed by atoms with Crippen molar-refractivity contribution in [1.82, 2.24) is 0 Å². The molecule has 8 unspecified atom stereocenters. The first-order valence-electron chi connectivity index (χ1n) is 48.4. The van der Waals surface area contributed by atoms with Gasteiger partial charge in [0, 0.05) is 97.3 Å². The molecule has 1 N–H and O–H groups in total. The monoisotopic (exact) mass is 1780 g/mol. The molecule has 8 aliphatic rings. The van der Waals surface area contributed by atoms with Gasteiger partial charge < -0.3 is 34.2 Å². The van der Waals surface area contributed by atoms with Crippen molar-refractivity contribution in [3.63, 3.8) is 0 Å². The minimum Gasteiger partial charge on any atom is -0.485 e. The Morgan fingerprint density at radius 1 is 0.201 bits per heavy atom. The fourth-order valence-corrected chi connectivity index (χ4v) is 22.4. The largest absolute Gasteiger partial charge is 0.485 e. The van der Waals surface area contributed by atoms with E-state index in [1.807, 2.05) is 0 Å². The number of benzene rings is 19. The average Bonchev–Trinajstić information content (AvgIpc) is 1.63. The molecule has 27 rings (SSSR count). The zero-order chi connectivity index (χ0) is 91.5. The summed E-state index contributed by atoms with van der Waals surface area (Å²) in [6, 6.07) is 156. The minimum atomic E-state index is -0.189. The molecule has 0 saturated carbocycles. The van der Waals surface area contributed by atoms with Gasteiger partial charge in [-0.1, -0.05) is 340 Å². The van der Waals surface area contributed by atoms with Crippen LogP contribution >= 0.6 is 0 Å². The van der Waals surface area contributed by atoms with Crippen molar-refractivity contribution in [3.05, 3.63) is 543 Å². The summed E-state index contributed by atoms with van der Waals surface area (Å²) in [5.41, 5.74) is 36.5. The molecular formula is C132H92N4O3. The van der Waals surface area contributed by atoms with Crippen molar-refractivity contribution < 1.29 is 14.2 Å². The molecule has 19 aromatic carbocycles. The zero-order valence-electron chi connectivity index (χ0n) is 76.1. The standard InChI is InChI=1S/C132H92N4O3/c1-4-18-84(19-5-1)88-40-53-105(54-41-88)134(111-65-69-115-121-73-97-24-10-13-27-100(97)78-126(121)137-129(115)81-111)107-57-44-90(45-58-107)86-32-36-92(37-33-86)103-52-68-114(94-22-8-3-9-23-94)119(72-103)95-48-61-109(62-49-95)135(112-66-70-116-122-74-98-25-11-14-28-101(98)79-127(122)138-130(116)82-112)108-59-46-91(47-60-108)87-34-38-93(39-35-87)104-76-120(132-118-30-16-17-31-124(118)133-125(132)77-104)96-50-63-110(64-51-96)136(106-55-42-89(43-56-106)85-20-6-2-7-21-85)113-67-71-117-123-75-99-26-12-15-29-102(99)80-128(123)139-131(117)83-113/h1-83,115-118,124,129-131,133H. The van der Waals surface area contributed by atoms with Crippen LogP contribution in [-0.2, 0) is 0 Å². The number of anilines is 7. The van der Waals surface area contributed by atoms with E-state index in [-0.39, 0.29) is 48.0 Å². The van der Waals surface area contributed by atoms with E-state index in [1.165, 1.54) is 82.4 Å². The highest BCUT2D eigenvalue weighted by molar-refractivity contribution is 5.94. The summed E-state index contributed by atoms with van der Waals surface area (Å²) in [5.74, 6) is 3.37. The molecule has 4 heterocycles. The fourth-order valence-electron chi connectivity index (χ4n) is 22.4. The second-order valence-electron chi connectivity index (χ2n) is 37.6. The van der Waals surface area contributed by atoms with Crippen molar-refractivity contribution in [2.45, 2.75) is 48.0 Å². The molecule has 0 radical (unpaired) electrons. The molecule has 0 spiro atoms. The first kappa shape index (κ1) is 81.1. The highest BCUT2D eigenvalue weighted by Crippen LogP contribution is 2.54. The highest BCUT2D eigenvalue weighted by Gasteiger charge is 2.40. The van der Waals surface area contributed by atoms with E-state index in [4.69, 9.17) is 14.2 Å². The normalized spacial score (nSPS) is 18.3. The van der Waals surface area contributed by atoms with Crippen molar-refractivity contribution in [1.29, 1.82) is 0 Å². The Kier molecular flexibility index (Phi) is 19.7. The number of hydrogen-bond acceptors (Lipinski definition) is 7. The van der Waals surface area contributed by atoms with Gasteiger partial charge >= 0.3 is 0 Å². The Labute approximate surface area is 809 Å². The smallest absolute Gasteiger partial charge is 0.130 e. The minimum absolute atomic E-state index is 0.0799. The predicted octanol–water partition coefficient (Wildman–Crippen LogP) is 33.6. The maximum absolute atomic E-state index is 6.96. The third-order valence-electron chi connectivity index (χ3n) is 29.5. The highest BCUT2D eigenvalue weighted by atomic mass is 16.5. The lowest BCUT2D eigenvalue weighted by Gasteiger charge is -2.30. The number of nitrogens with zero attached hydrogens (tertiary/aromatic N) is 3. The number of nitrogens with one attached hydrogen (secondary N) is 1. The molecule has 0 aromatic heterocycles. The van der Waals surface area contributed by atoms with Crippen molar-refractivity contribution in [2.24, 2.45) is 0 Å². The molecule has 7 nitrogen and oxygen atoms in total. The molecule has 139 heavy (non-hydrogen) atoms. The fraction of sp³-hybridized carbons (Fsp3) is 0.0606. The molecule has 0 saturated heterocycles. The Bertz CT molecular complexity index is 8350. The zero-order valence-corrected chi connectivity index (χ0v) is 76.1. The molecule has 4 aliphatic carbocycles. The van der Waals surface area contributed by atoms with Crippen LogP contribution in [0.2, 0.25) is 0 Å². The summed E-state index contributed by atoms with van der Waals surface area (Å²) in [4.78, 5) is 7.14. The SMILES string of the molecule is C1=CC2Nc3cc(-c4ccc(-c5ccc(N(C6=CC7Oc8cc9ccccc9cc8C7C=C6)c6ccc(-c7cc(-c8ccc(-c9ccc(N(C%10=CC%11Oc%12cc%13ccccc%13cc%12C%11C=C%10)c%10ccc(-c%11ccccc%11)cc%10)cc9)cc8)ccc7-c7ccccc7)cc6)cc5)cc4)cc(-c4ccc(N(C5=CC6Oc7cc8ccccc8cc7C6C=C5)c5ccc(-c6ccccc6)cc5)cc4)c3C2C=C1. The third kappa shape index (κ3) is 14.8. The van der Waals surface area contributed by atoms with Gasteiger partial charge in [-0.15, -0.1) is 0 Å². The van der Waals surface area contributed by atoms with Crippen LogP contribution in [-0.4, -0.2) is 24.4 Å². The van der Waals surface area contributed by atoms with Gasteiger partial charge in [-0.05, 0) is 302 Å². The maximum Gasteiger partial charge on any atom is 0.130 e. The summed E-state index contributed by atoms with van der Waals surface area (Å²) in [6.07, 6.45) is 29.4. The second kappa shape index (κ2) is 33.8. The number of hydrogen-bond donors (Lipinski definition) is 1. The topological polar surface area (TPSA) is 49.4 Å². The van der Waals surface area contributed by atoms with Crippen LogP contribution in [0.5, 0.6) is 17.2 Å². The van der Waals surface area contributed by atoms with Gasteiger partial charge in [-0.2, -0.15) is 0 Å². The van der Waals surface area contributed by atoms with Gasteiger partial charge in [-0.3, -0.25) is 0 Å². The Balaban J connectivity index is 0.482. The van der Waals surface area contributed by atoms with E-state index < -0.39 is 0 Å². The summed E-state index contributed by atoms with van der Waals surface area (Å²) in [6.45, 7) is 0. The molecule has 4 aliphatic heterocycles. The number of fused-ring (bicyclic) bond motifs is 15. The van der Waals surface area contributed by atoms with Gasteiger partial charge in [-0.25, -0.2) is 0 Å². The first-order chi connectivity index (χ1) is 68.8. The lowest BCUT2D eigenvalue weighted by Crippen LogP contribution is -2.24. The van der Waals surface area contributed by atoms with E-state index >= 15 is 0 Å². The quantitative estimate of drug-likeness (QED) is 0.0919. The van der Waals surface area contributed by atoms with Crippen LogP contribution in [0.4, 0.5) is 39.8 Å². The second-order valence-corrected chi connectivity index (χ2v) is 37.6. The summed E-state index contributed by atoms with van der Waals surface area (Å²) in [5, 5.41) is 11.2. The maximum atomic E-state index is 6.96. The van der Waals surface area contributed by atoms with E-state index in [2.05, 4.69) is 524 Å². The molecular weight excluding hydrogens is 1690 g/mol. The third-order valence-corrected chi connectivity index (χ3v) is 29.5. The number of rotatable bonds is 18. The Morgan fingerprint density at radius 2 is 0.475 bits per heavy atom. The Morgan fingerprint density at radius 3 is 0.842 bits per heavy atom. The van der Waals surface area contributed by atoms with Gasteiger partial charge in [0.15, 0.2) is 0 Å². The average molecular weight is 1780 g/mol. The van der Waals surface area contributed by atoms with Gasteiger partial charge in [0.25, 0.3) is 0 Å². The van der Waals surface area contributed by atoms with Crippen molar-refractivity contribution in [3.8, 4) is 117 Å². The lowest BCUT2D eigenvalue weighted by molar-refractivity contribution is 0.267. The summed E-state index contributed by atoms with van der Waals surface area (Å²) >= 11 is 0. The number of allylic oxidation sites excluding steroid dienone is 5. The van der Waals surface area contributed by atoms with E-state index in [0.29, 0.717) is 0 Å². The molecule has 0 amide bonds. The van der Waals surface area contributed by atoms with Crippen LogP contribution in [0.25, 0.3) is 132 Å².